The Bertz CT molecular complexity index is 823. The summed E-state index contributed by atoms with van der Waals surface area (Å²) in [5.74, 6) is 0.0869. The summed E-state index contributed by atoms with van der Waals surface area (Å²) in [4.78, 5) is 26.3. The number of rotatable bonds is 7. The molecule has 0 bridgehead atoms. The Balaban J connectivity index is 1.43. The van der Waals surface area contributed by atoms with Gasteiger partial charge in [-0.3, -0.25) is 9.59 Å². The van der Waals surface area contributed by atoms with Crippen molar-refractivity contribution < 1.29 is 22.7 Å². The minimum absolute atomic E-state index is 0.0271. The molecule has 1 aliphatic carbocycles. The monoisotopic (exact) mass is 394 g/mol. The normalized spacial score (nSPS) is 25.6. The minimum Gasteiger partial charge on any atom is -0.497 e. The quantitative estimate of drug-likeness (QED) is 0.732. The summed E-state index contributed by atoms with van der Waals surface area (Å²) in [7, 11) is 0.222. The van der Waals surface area contributed by atoms with Crippen molar-refractivity contribution in [1.29, 1.82) is 0 Å². The molecule has 148 valence electrons. The van der Waals surface area contributed by atoms with Gasteiger partial charge in [0, 0.05) is 19.6 Å². The number of carbonyl (C=O) groups excluding carboxylic acids is 2. The molecule has 7 nitrogen and oxygen atoms in total. The maximum absolute atomic E-state index is 12.5. The second-order valence-electron chi connectivity index (χ2n) is 7.35. The fourth-order valence-electron chi connectivity index (χ4n) is 3.57. The zero-order valence-corrected chi connectivity index (χ0v) is 16.5. The van der Waals surface area contributed by atoms with E-state index >= 15 is 0 Å². The average molecular weight is 394 g/mol. The first-order chi connectivity index (χ1) is 12.8. The lowest BCUT2D eigenvalue weighted by atomic mass is 10.1. The molecule has 3 rings (SSSR count). The topological polar surface area (TPSA) is 92.8 Å². The number of sulfone groups is 1. The Kier molecular flexibility index (Phi) is 5.74. The van der Waals surface area contributed by atoms with Gasteiger partial charge in [0.15, 0.2) is 9.84 Å². The zero-order chi connectivity index (χ0) is 19.6. The molecule has 1 saturated heterocycles. The number of nitrogens with zero attached hydrogens (tertiary/aromatic N) is 1. The molecule has 8 heteroatoms. The third-order valence-electron chi connectivity index (χ3n) is 5.40. The van der Waals surface area contributed by atoms with Crippen molar-refractivity contribution in [2.75, 3.05) is 32.2 Å². The highest BCUT2D eigenvalue weighted by molar-refractivity contribution is 7.91. The molecule has 2 aliphatic rings. The molecule has 3 atom stereocenters. The molecule has 1 aliphatic heterocycles. The van der Waals surface area contributed by atoms with Crippen molar-refractivity contribution in [3.63, 3.8) is 0 Å². The van der Waals surface area contributed by atoms with Crippen molar-refractivity contribution in [3.05, 3.63) is 29.8 Å². The van der Waals surface area contributed by atoms with E-state index in [2.05, 4.69) is 5.32 Å². The second kappa shape index (κ2) is 7.88. The molecule has 0 aromatic heterocycles. The third-order valence-corrected chi connectivity index (χ3v) is 7.15. The maximum atomic E-state index is 12.5. The number of ether oxygens (including phenoxy) is 1. The van der Waals surface area contributed by atoms with Crippen molar-refractivity contribution in [2.24, 2.45) is 11.8 Å². The highest BCUT2D eigenvalue weighted by atomic mass is 32.2. The van der Waals surface area contributed by atoms with Crippen LogP contribution in [0.2, 0.25) is 0 Å². The van der Waals surface area contributed by atoms with E-state index in [0.29, 0.717) is 25.8 Å². The van der Waals surface area contributed by atoms with Crippen LogP contribution in [-0.2, 0) is 25.8 Å². The van der Waals surface area contributed by atoms with Gasteiger partial charge in [-0.2, -0.15) is 0 Å². The Hall–Kier alpha value is -2.09. The third kappa shape index (κ3) is 4.80. The highest BCUT2D eigenvalue weighted by Gasteiger charge is 2.50. The van der Waals surface area contributed by atoms with Crippen LogP contribution in [-0.4, -0.2) is 63.4 Å². The predicted octanol–water partition coefficient (Wildman–Crippen LogP) is 0.636. The Morgan fingerprint density at radius 1 is 1.30 bits per heavy atom. The van der Waals surface area contributed by atoms with Gasteiger partial charge in [-0.05, 0) is 37.0 Å². The summed E-state index contributed by atoms with van der Waals surface area (Å²) in [6, 6.07) is 7.42. The van der Waals surface area contributed by atoms with Crippen LogP contribution in [0.25, 0.3) is 0 Å². The summed E-state index contributed by atoms with van der Waals surface area (Å²) in [5.41, 5.74) is 1.07. The lowest BCUT2D eigenvalue weighted by Crippen LogP contribution is -2.39. The number of benzene rings is 1. The number of amides is 2. The van der Waals surface area contributed by atoms with Gasteiger partial charge in [0.25, 0.3) is 0 Å². The van der Waals surface area contributed by atoms with Crippen LogP contribution < -0.4 is 10.1 Å². The average Bonchev–Trinajstić information content (AvgIpc) is 3.37. The summed E-state index contributed by atoms with van der Waals surface area (Å²) in [6.45, 7) is 0.500. The molecule has 2 fully saturated rings. The first-order valence-electron chi connectivity index (χ1n) is 9.18. The highest BCUT2D eigenvalue weighted by Crippen LogP contribution is 2.40. The van der Waals surface area contributed by atoms with Gasteiger partial charge in [0.05, 0.1) is 30.5 Å². The van der Waals surface area contributed by atoms with Crippen LogP contribution >= 0.6 is 0 Å². The van der Waals surface area contributed by atoms with E-state index in [1.54, 1.807) is 14.2 Å². The molecule has 1 aromatic rings. The summed E-state index contributed by atoms with van der Waals surface area (Å²) in [6.07, 6.45) is 1.70. The first-order valence-corrected chi connectivity index (χ1v) is 11.0. The Morgan fingerprint density at radius 2 is 2.07 bits per heavy atom. The van der Waals surface area contributed by atoms with Gasteiger partial charge < -0.3 is 15.0 Å². The van der Waals surface area contributed by atoms with E-state index in [1.165, 1.54) is 4.90 Å². The molecular formula is C19H26N2O5S. The number of methoxy groups -OCH3 is 1. The van der Waals surface area contributed by atoms with Gasteiger partial charge in [-0.1, -0.05) is 12.1 Å². The summed E-state index contributed by atoms with van der Waals surface area (Å²) < 4.78 is 28.4. The van der Waals surface area contributed by atoms with Gasteiger partial charge in [-0.15, -0.1) is 0 Å². The molecule has 1 aromatic carbocycles. The van der Waals surface area contributed by atoms with Gasteiger partial charge in [0.2, 0.25) is 11.8 Å². The molecule has 1 saturated carbocycles. The fraction of sp³-hybridized carbons (Fsp3) is 0.579. The number of hydrogen-bond acceptors (Lipinski definition) is 5. The van der Waals surface area contributed by atoms with E-state index in [-0.39, 0.29) is 41.2 Å². The van der Waals surface area contributed by atoms with Crippen LogP contribution in [0, 0.1) is 11.8 Å². The van der Waals surface area contributed by atoms with E-state index < -0.39 is 9.84 Å². The number of nitrogens with one attached hydrogen (secondary N) is 1. The standard InChI is InChI=1S/C19H26N2O5S/c1-21(14-7-9-27(24,25)12-14)19(23)17-11-16(17)18(22)20-8-6-13-4-3-5-15(10-13)26-2/h3-5,10,14,16-17H,6-9,11-12H2,1-2H3,(H,20,22). The number of hydrogen-bond donors (Lipinski definition) is 1. The Labute approximate surface area is 160 Å². The molecule has 27 heavy (non-hydrogen) atoms. The molecule has 3 unspecified atom stereocenters. The molecule has 1 heterocycles. The maximum Gasteiger partial charge on any atom is 0.226 e. The predicted molar refractivity (Wildman–Crippen MR) is 101 cm³/mol. The SMILES string of the molecule is COc1cccc(CCNC(=O)C2CC2C(=O)N(C)C2CCS(=O)(=O)C2)c1. The van der Waals surface area contributed by atoms with Gasteiger partial charge in [-0.25, -0.2) is 8.42 Å². The van der Waals surface area contributed by atoms with E-state index in [0.717, 1.165) is 11.3 Å². The van der Waals surface area contributed by atoms with E-state index in [4.69, 9.17) is 4.74 Å². The molecular weight excluding hydrogens is 368 g/mol. The van der Waals surface area contributed by atoms with Gasteiger partial charge >= 0.3 is 0 Å². The lowest BCUT2D eigenvalue weighted by Gasteiger charge is -2.23. The smallest absolute Gasteiger partial charge is 0.226 e. The van der Waals surface area contributed by atoms with Crippen molar-refractivity contribution in [2.45, 2.75) is 25.3 Å². The lowest BCUT2D eigenvalue weighted by molar-refractivity contribution is -0.135. The van der Waals surface area contributed by atoms with Crippen LogP contribution in [0.4, 0.5) is 0 Å². The van der Waals surface area contributed by atoms with Crippen molar-refractivity contribution in [3.8, 4) is 5.75 Å². The fourth-order valence-corrected chi connectivity index (χ4v) is 5.34. The summed E-state index contributed by atoms with van der Waals surface area (Å²) in [5, 5.41) is 2.89. The largest absolute Gasteiger partial charge is 0.497 e. The summed E-state index contributed by atoms with van der Waals surface area (Å²) >= 11 is 0. The van der Waals surface area contributed by atoms with Crippen LogP contribution in [0.5, 0.6) is 5.75 Å². The molecule has 1 N–H and O–H groups in total. The second-order valence-corrected chi connectivity index (χ2v) is 9.58. The zero-order valence-electron chi connectivity index (χ0n) is 15.7. The van der Waals surface area contributed by atoms with Gasteiger partial charge in [0.1, 0.15) is 5.75 Å². The Morgan fingerprint density at radius 3 is 2.74 bits per heavy atom. The van der Waals surface area contributed by atoms with Crippen LogP contribution in [0.1, 0.15) is 18.4 Å². The molecule has 0 spiro atoms. The number of carbonyl (C=O) groups is 2. The molecule has 0 radical (unpaired) electrons. The van der Waals surface area contributed by atoms with Crippen LogP contribution in [0.3, 0.4) is 0 Å². The first kappa shape index (κ1) is 19.7. The molecule has 2 amide bonds. The van der Waals surface area contributed by atoms with E-state index in [9.17, 15) is 18.0 Å². The van der Waals surface area contributed by atoms with Crippen molar-refractivity contribution in [1.82, 2.24) is 10.2 Å². The minimum atomic E-state index is -3.03. The van der Waals surface area contributed by atoms with Crippen LogP contribution in [0.15, 0.2) is 24.3 Å². The van der Waals surface area contributed by atoms with Crippen molar-refractivity contribution >= 4 is 21.7 Å². The van der Waals surface area contributed by atoms with E-state index in [1.807, 2.05) is 24.3 Å².